The number of benzene rings is 2. The van der Waals surface area contributed by atoms with E-state index < -0.39 is 0 Å². The number of hydrogen-bond acceptors (Lipinski definition) is 3. The lowest BCUT2D eigenvalue weighted by molar-refractivity contribution is 0.174. The van der Waals surface area contributed by atoms with Gasteiger partial charge < -0.3 is 14.8 Å². The van der Waals surface area contributed by atoms with Crippen molar-refractivity contribution >= 4 is 11.6 Å². The van der Waals surface area contributed by atoms with Gasteiger partial charge in [-0.25, -0.2) is 0 Å². The third-order valence-electron chi connectivity index (χ3n) is 3.67. The molecule has 0 spiro atoms. The first-order chi connectivity index (χ1) is 10.2. The van der Waals surface area contributed by atoms with Crippen molar-refractivity contribution in [3.05, 3.63) is 58.6 Å². The van der Waals surface area contributed by atoms with Crippen LogP contribution in [0.3, 0.4) is 0 Å². The van der Waals surface area contributed by atoms with Gasteiger partial charge in [0.25, 0.3) is 0 Å². The Morgan fingerprint density at radius 1 is 1.10 bits per heavy atom. The highest BCUT2D eigenvalue weighted by molar-refractivity contribution is 6.30. The summed E-state index contributed by atoms with van der Waals surface area (Å²) in [5.41, 5.74) is 2.49. The summed E-state index contributed by atoms with van der Waals surface area (Å²) in [5, 5.41) is 4.30. The van der Waals surface area contributed by atoms with E-state index >= 15 is 0 Å². The molecule has 110 valence electrons. The predicted octanol–water partition coefficient (Wildman–Crippen LogP) is 3.96. The molecule has 2 aromatic rings. The van der Waals surface area contributed by atoms with Crippen LogP contribution < -0.4 is 14.8 Å². The van der Waals surface area contributed by atoms with E-state index in [1.807, 2.05) is 24.3 Å². The molecule has 0 amide bonds. The van der Waals surface area contributed by atoms with Crippen LogP contribution in [-0.4, -0.2) is 13.3 Å². The SMILES string of the molecule is CC(NCCc1ccc(Cl)cc1)c1ccc2c(c1)OCO2. The fraction of sp³-hybridized carbons (Fsp3) is 0.294. The van der Waals surface area contributed by atoms with Gasteiger partial charge in [-0.1, -0.05) is 29.8 Å². The van der Waals surface area contributed by atoms with Crippen molar-refractivity contribution in [2.75, 3.05) is 13.3 Å². The number of rotatable bonds is 5. The number of ether oxygens (including phenoxy) is 2. The molecule has 1 aliphatic rings. The number of halogens is 1. The molecule has 1 heterocycles. The average molecular weight is 304 g/mol. The lowest BCUT2D eigenvalue weighted by Crippen LogP contribution is -2.21. The van der Waals surface area contributed by atoms with E-state index in [1.165, 1.54) is 11.1 Å². The van der Waals surface area contributed by atoms with Crippen molar-refractivity contribution in [1.29, 1.82) is 0 Å². The fourth-order valence-corrected chi connectivity index (χ4v) is 2.51. The van der Waals surface area contributed by atoms with Gasteiger partial charge in [0, 0.05) is 11.1 Å². The van der Waals surface area contributed by atoms with E-state index in [4.69, 9.17) is 21.1 Å². The van der Waals surface area contributed by atoms with Crippen LogP contribution in [0, 0.1) is 0 Å². The second-order valence-electron chi connectivity index (χ2n) is 5.16. The normalized spacial score (nSPS) is 14.2. The molecule has 3 rings (SSSR count). The van der Waals surface area contributed by atoms with E-state index in [0.29, 0.717) is 6.79 Å². The minimum atomic E-state index is 0.270. The molecule has 0 fully saturated rings. The zero-order valence-corrected chi connectivity index (χ0v) is 12.7. The summed E-state index contributed by atoms with van der Waals surface area (Å²) in [6.07, 6.45) is 0.978. The number of nitrogens with one attached hydrogen (secondary N) is 1. The molecule has 0 aromatic heterocycles. The Labute approximate surface area is 129 Å². The topological polar surface area (TPSA) is 30.5 Å². The van der Waals surface area contributed by atoms with Crippen molar-refractivity contribution in [1.82, 2.24) is 5.32 Å². The maximum atomic E-state index is 5.88. The first kappa shape index (κ1) is 14.2. The van der Waals surface area contributed by atoms with Crippen LogP contribution in [0.2, 0.25) is 5.02 Å². The molecule has 0 saturated heterocycles. The summed E-state index contributed by atoms with van der Waals surface area (Å²) in [6, 6.07) is 14.3. The van der Waals surface area contributed by atoms with Gasteiger partial charge in [-0.05, 0) is 55.3 Å². The van der Waals surface area contributed by atoms with Gasteiger partial charge in [0.1, 0.15) is 0 Å². The third-order valence-corrected chi connectivity index (χ3v) is 3.93. The number of hydrogen-bond donors (Lipinski definition) is 1. The highest BCUT2D eigenvalue weighted by Crippen LogP contribution is 2.34. The Bertz CT molecular complexity index is 613. The molecule has 1 unspecified atom stereocenters. The van der Waals surface area contributed by atoms with Gasteiger partial charge in [0.05, 0.1) is 0 Å². The third kappa shape index (κ3) is 3.49. The molecular formula is C17H18ClNO2. The van der Waals surface area contributed by atoms with E-state index in [2.05, 4.69) is 30.4 Å². The van der Waals surface area contributed by atoms with Gasteiger partial charge in [0.15, 0.2) is 11.5 Å². The van der Waals surface area contributed by atoms with Crippen molar-refractivity contribution in [3.63, 3.8) is 0 Å². The lowest BCUT2D eigenvalue weighted by atomic mass is 10.1. The second kappa shape index (κ2) is 6.37. The van der Waals surface area contributed by atoms with E-state index in [1.54, 1.807) is 0 Å². The maximum absolute atomic E-state index is 5.88. The van der Waals surface area contributed by atoms with Crippen molar-refractivity contribution in [3.8, 4) is 11.5 Å². The van der Waals surface area contributed by atoms with Crippen LogP contribution in [0.5, 0.6) is 11.5 Å². The fourth-order valence-electron chi connectivity index (χ4n) is 2.38. The molecule has 2 aromatic carbocycles. The van der Waals surface area contributed by atoms with Gasteiger partial charge in [-0.3, -0.25) is 0 Å². The molecule has 0 bridgehead atoms. The van der Waals surface area contributed by atoms with Crippen molar-refractivity contribution in [2.24, 2.45) is 0 Å². The summed E-state index contributed by atoms with van der Waals surface area (Å²) >= 11 is 5.88. The monoisotopic (exact) mass is 303 g/mol. The minimum Gasteiger partial charge on any atom is -0.454 e. The van der Waals surface area contributed by atoms with Gasteiger partial charge in [-0.2, -0.15) is 0 Å². The Hall–Kier alpha value is -1.71. The Morgan fingerprint density at radius 3 is 2.67 bits per heavy atom. The quantitative estimate of drug-likeness (QED) is 0.907. The standard InChI is InChI=1S/C17H18ClNO2/c1-12(14-4-7-16-17(10-14)21-11-20-16)19-9-8-13-2-5-15(18)6-3-13/h2-7,10,12,19H,8-9,11H2,1H3. The molecule has 0 aliphatic carbocycles. The summed E-state index contributed by atoms with van der Waals surface area (Å²) in [7, 11) is 0. The number of fused-ring (bicyclic) bond motifs is 1. The zero-order valence-electron chi connectivity index (χ0n) is 11.9. The summed E-state index contributed by atoms with van der Waals surface area (Å²) in [4.78, 5) is 0. The maximum Gasteiger partial charge on any atom is 0.231 e. The molecule has 0 saturated carbocycles. The Morgan fingerprint density at radius 2 is 1.86 bits per heavy atom. The van der Waals surface area contributed by atoms with Crippen LogP contribution in [0.25, 0.3) is 0 Å². The average Bonchev–Trinajstić information content (AvgIpc) is 2.96. The summed E-state index contributed by atoms with van der Waals surface area (Å²) in [6.45, 7) is 3.38. The van der Waals surface area contributed by atoms with Crippen molar-refractivity contribution in [2.45, 2.75) is 19.4 Å². The zero-order chi connectivity index (χ0) is 14.7. The van der Waals surface area contributed by atoms with Gasteiger partial charge in [0.2, 0.25) is 6.79 Å². The van der Waals surface area contributed by atoms with Crippen LogP contribution in [-0.2, 0) is 6.42 Å². The van der Waals surface area contributed by atoms with Crippen LogP contribution >= 0.6 is 11.6 Å². The van der Waals surface area contributed by atoms with Gasteiger partial charge in [-0.15, -0.1) is 0 Å². The second-order valence-corrected chi connectivity index (χ2v) is 5.60. The first-order valence-electron chi connectivity index (χ1n) is 7.10. The predicted molar refractivity (Wildman–Crippen MR) is 84.1 cm³/mol. The molecule has 4 heteroatoms. The van der Waals surface area contributed by atoms with E-state index in [9.17, 15) is 0 Å². The van der Waals surface area contributed by atoms with Crippen LogP contribution in [0.1, 0.15) is 24.1 Å². The molecule has 1 aliphatic heterocycles. The lowest BCUT2D eigenvalue weighted by Gasteiger charge is -2.14. The first-order valence-corrected chi connectivity index (χ1v) is 7.47. The summed E-state index contributed by atoms with van der Waals surface area (Å²) in [5.74, 6) is 1.66. The Balaban J connectivity index is 1.54. The van der Waals surface area contributed by atoms with Crippen LogP contribution in [0.15, 0.2) is 42.5 Å². The molecule has 1 atom stereocenters. The van der Waals surface area contributed by atoms with E-state index in [-0.39, 0.29) is 6.04 Å². The van der Waals surface area contributed by atoms with Crippen LogP contribution in [0.4, 0.5) is 0 Å². The molecule has 3 nitrogen and oxygen atoms in total. The summed E-state index contributed by atoms with van der Waals surface area (Å²) < 4.78 is 10.7. The minimum absolute atomic E-state index is 0.270. The van der Waals surface area contributed by atoms with E-state index in [0.717, 1.165) is 29.5 Å². The molecule has 1 N–H and O–H groups in total. The van der Waals surface area contributed by atoms with Crippen molar-refractivity contribution < 1.29 is 9.47 Å². The largest absolute Gasteiger partial charge is 0.454 e. The van der Waals surface area contributed by atoms with Gasteiger partial charge >= 0.3 is 0 Å². The Kier molecular flexibility index (Phi) is 4.32. The smallest absolute Gasteiger partial charge is 0.231 e. The highest BCUT2D eigenvalue weighted by atomic mass is 35.5. The molecule has 21 heavy (non-hydrogen) atoms. The highest BCUT2D eigenvalue weighted by Gasteiger charge is 2.15. The molecular weight excluding hydrogens is 286 g/mol. The molecule has 0 radical (unpaired) electrons.